The number of benzene rings is 1. The summed E-state index contributed by atoms with van der Waals surface area (Å²) in [5.74, 6) is 0. The van der Waals surface area contributed by atoms with Crippen LogP contribution in [-0.4, -0.2) is 30.6 Å². The van der Waals surface area contributed by atoms with Gasteiger partial charge >= 0.3 is 0 Å². The first-order valence-corrected chi connectivity index (χ1v) is 7.35. The minimum absolute atomic E-state index is 0.642. The Balaban J connectivity index is 2.09. The maximum Gasteiger partial charge on any atom is 0.0465 e. The highest BCUT2D eigenvalue weighted by Gasteiger charge is 2.21. The summed E-state index contributed by atoms with van der Waals surface area (Å²) in [5, 5.41) is 4.95. The van der Waals surface area contributed by atoms with Gasteiger partial charge in [-0.1, -0.05) is 36.2 Å². The van der Waals surface area contributed by atoms with Crippen LogP contribution in [0.3, 0.4) is 0 Å². The molecule has 1 N–H and O–H groups in total. The average Bonchev–Trinajstić information content (AvgIpc) is 2.40. The predicted molar refractivity (Wildman–Crippen MR) is 78.4 cm³/mol. The summed E-state index contributed by atoms with van der Waals surface area (Å²) in [7, 11) is 0. The van der Waals surface area contributed by atoms with Crippen molar-refractivity contribution in [2.24, 2.45) is 0 Å². The second kappa shape index (κ2) is 6.76. The fraction of sp³-hybridized carbons (Fsp3) is 0.571. The van der Waals surface area contributed by atoms with E-state index in [2.05, 4.69) is 17.1 Å². The van der Waals surface area contributed by atoms with E-state index in [-0.39, 0.29) is 0 Å². The summed E-state index contributed by atoms with van der Waals surface area (Å²) in [6.07, 6.45) is 2.41. The van der Waals surface area contributed by atoms with E-state index in [4.69, 9.17) is 23.2 Å². The van der Waals surface area contributed by atoms with Gasteiger partial charge in [-0.25, -0.2) is 0 Å². The molecule has 1 saturated heterocycles. The minimum atomic E-state index is 0.642. The molecule has 0 spiro atoms. The number of rotatable bonds is 4. The van der Waals surface area contributed by atoms with E-state index in [0.29, 0.717) is 6.04 Å². The molecule has 0 bridgehead atoms. The lowest BCUT2D eigenvalue weighted by atomic mass is 10.0. The Morgan fingerprint density at radius 2 is 1.83 bits per heavy atom. The third-order valence-electron chi connectivity index (χ3n) is 3.65. The lowest BCUT2D eigenvalue weighted by Gasteiger charge is -2.34. The first-order chi connectivity index (χ1) is 8.72. The Hall–Kier alpha value is -0.280. The Labute approximate surface area is 119 Å². The van der Waals surface area contributed by atoms with Crippen molar-refractivity contribution in [3.8, 4) is 0 Å². The van der Waals surface area contributed by atoms with Crippen LogP contribution in [0.4, 0.5) is 0 Å². The molecule has 100 valence electrons. The van der Waals surface area contributed by atoms with Crippen molar-refractivity contribution in [2.45, 2.75) is 32.4 Å². The molecule has 4 heteroatoms. The lowest BCUT2D eigenvalue weighted by Crippen LogP contribution is -2.42. The second-order valence-corrected chi connectivity index (χ2v) is 5.56. The molecule has 0 radical (unpaired) electrons. The zero-order valence-corrected chi connectivity index (χ0v) is 12.3. The van der Waals surface area contributed by atoms with Gasteiger partial charge in [0.1, 0.15) is 0 Å². The van der Waals surface area contributed by atoms with Crippen LogP contribution >= 0.6 is 23.2 Å². The summed E-state index contributed by atoms with van der Waals surface area (Å²) in [4.78, 5) is 2.48. The maximum absolute atomic E-state index is 6.25. The van der Waals surface area contributed by atoms with Crippen LogP contribution in [0.1, 0.15) is 25.3 Å². The molecule has 0 amide bonds. The SMILES string of the molecule is CCN(Cc1c(Cl)cccc1Cl)C1CCNCC1. The number of nitrogens with one attached hydrogen (secondary N) is 1. The van der Waals surface area contributed by atoms with Crippen LogP contribution < -0.4 is 5.32 Å². The lowest BCUT2D eigenvalue weighted by molar-refractivity contribution is 0.162. The fourth-order valence-electron chi connectivity index (χ4n) is 2.56. The Morgan fingerprint density at radius 3 is 2.39 bits per heavy atom. The van der Waals surface area contributed by atoms with Crippen molar-refractivity contribution in [1.29, 1.82) is 0 Å². The van der Waals surface area contributed by atoms with E-state index in [1.807, 2.05) is 18.2 Å². The smallest absolute Gasteiger partial charge is 0.0465 e. The van der Waals surface area contributed by atoms with Crippen molar-refractivity contribution in [3.05, 3.63) is 33.8 Å². The molecule has 0 unspecified atom stereocenters. The van der Waals surface area contributed by atoms with Gasteiger partial charge in [0.2, 0.25) is 0 Å². The number of halogens is 2. The van der Waals surface area contributed by atoms with E-state index in [9.17, 15) is 0 Å². The van der Waals surface area contributed by atoms with E-state index in [1.54, 1.807) is 0 Å². The van der Waals surface area contributed by atoms with Gasteiger partial charge in [-0.05, 0) is 44.6 Å². The molecular weight excluding hydrogens is 267 g/mol. The van der Waals surface area contributed by atoms with Crippen LogP contribution in [0, 0.1) is 0 Å². The van der Waals surface area contributed by atoms with Crippen molar-refractivity contribution in [2.75, 3.05) is 19.6 Å². The first-order valence-electron chi connectivity index (χ1n) is 6.60. The molecule has 1 heterocycles. The molecule has 0 atom stereocenters. The molecule has 2 rings (SSSR count). The van der Waals surface area contributed by atoms with Gasteiger partial charge < -0.3 is 5.32 Å². The van der Waals surface area contributed by atoms with Crippen LogP contribution in [0.2, 0.25) is 10.0 Å². The van der Waals surface area contributed by atoms with Gasteiger partial charge in [-0.2, -0.15) is 0 Å². The highest BCUT2D eigenvalue weighted by molar-refractivity contribution is 6.35. The summed E-state index contributed by atoms with van der Waals surface area (Å²) >= 11 is 12.5. The van der Waals surface area contributed by atoms with Gasteiger partial charge in [0.25, 0.3) is 0 Å². The fourth-order valence-corrected chi connectivity index (χ4v) is 3.07. The molecule has 1 aromatic carbocycles. The largest absolute Gasteiger partial charge is 0.317 e. The van der Waals surface area contributed by atoms with Gasteiger partial charge in [-0.15, -0.1) is 0 Å². The summed E-state index contributed by atoms with van der Waals surface area (Å²) in [6.45, 7) is 6.30. The summed E-state index contributed by atoms with van der Waals surface area (Å²) in [6, 6.07) is 6.37. The standard InChI is InChI=1S/C14H20Cl2N2/c1-2-18(11-6-8-17-9-7-11)10-12-13(15)4-3-5-14(12)16/h3-5,11,17H,2,6-10H2,1H3. The van der Waals surface area contributed by atoms with Crippen molar-refractivity contribution in [1.82, 2.24) is 10.2 Å². The highest BCUT2D eigenvalue weighted by Crippen LogP contribution is 2.27. The van der Waals surface area contributed by atoms with Crippen molar-refractivity contribution in [3.63, 3.8) is 0 Å². The van der Waals surface area contributed by atoms with Crippen molar-refractivity contribution >= 4 is 23.2 Å². The van der Waals surface area contributed by atoms with E-state index < -0.39 is 0 Å². The van der Waals surface area contributed by atoms with Gasteiger partial charge in [0.05, 0.1) is 0 Å². The van der Waals surface area contributed by atoms with Gasteiger partial charge in [0.15, 0.2) is 0 Å². The van der Waals surface area contributed by atoms with Crippen LogP contribution in [0.5, 0.6) is 0 Å². The zero-order chi connectivity index (χ0) is 13.0. The molecule has 1 aromatic rings. The number of nitrogens with zero attached hydrogens (tertiary/aromatic N) is 1. The first kappa shape index (κ1) is 14.1. The van der Waals surface area contributed by atoms with Crippen LogP contribution in [0.25, 0.3) is 0 Å². The third kappa shape index (κ3) is 3.39. The number of hydrogen-bond donors (Lipinski definition) is 1. The minimum Gasteiger partial charge on any atom is -0.317 e. The molecule has 0 saturated carbocycles. The van der Waals surface area contributed by atoms with Gasteiger partial charge in [0, 0.05) is 28.2 Å². The third-order valence-corrected chi connectivity index (χ3v) is 4.36. The molecular formula is C14H20Cl2N2. The van der Waals surface area contributed by atoms with Crippen molar-refractivity contribution < 1.29 is 0 Å². The van der Waals surface area contributed by atoms with Gasteiger partial charge in [-0.3, -0.25) is 4.90 Å². The summed E-state index contributed by atoms with van der Waals surface area (Å²) in [5.41, 5.74) is 1.06. The van der Waals surface area contributed by atoms with Crippen LogP contribution in [0.15, 0.2) is 18.2 Å². The second-order valence-electron chi connectivity index (χ2n) is 4.74. The molecule has 1 fully saturated rings. The Bertz CT molecular complexity index is 369. The molecule has 18 heavy (non-hydrogen) atoms. The quantitative estimate of drug-likeness (QED) is 0.910. The molecule has 1 aliphatic heterocycles. The Kier molecular flexibility index (Phi) is 5.31. The molecule has 2 nitrogen and oxygen atoms in total. The number of hydrogen-bond acceptors (Lipinski definition) is 2. The van der Waals surface area contributed by atoms with E-state index >= 15 is 0 Å². The molecule has 0 aromatic heterocycles. The molecule has 1 aliphatic rings. The van der Waals surface area contributed by atoms with E-state index in [1.165, 1.54) is 12.8 Å². The Morgan fingerprint density at radius 1 is 1.22 bits per heavy atom. The van der Waals surface area contributed by atoms with E-state index in [0.717, 1.165) is 41.8 Å². The monoisotopic (exact) mass is 286 g/mol. The number of piperidine rings is 1. The normalized spacial score (nSPS) is 17.3. The predicted octanol–water partition coefficient (Wildman–Crippen LogP) is 3.57. The topological polar surface area (TPSA) is 15.3 Å². The molecule has 0 aliphatic carbocycles. The summed E-state index contributed by atoms with van der Waals surface area (Å²) < 4.78 is 0. The van der Waals surface area contributed by atoms with Crippen LogP contribution in [-0.2, 0) is 6.54 Å². The maximum atomic E-state index is 6.25. The average molecular weight is 287 g/mol. The highest BCUT2D eigenvalue weighted by atomic mass is 35.5. The zero-order valence-electron chi connectivity index (χ0n) is 10.8.